The van der Waals surface area contributed by atoms with Gasteiger partial charge < -0.3 is 9.64 Å². The number of halogens is 3. The maximum Gasteiger partial charge on any atom is 0.416 e. The maximum atomic E-state index is 13.0. The van der Waals surface area contributed by atoms with Gasteiger partial charge in [0.15, 0.2) is 0 Å². The monoisotopic (exact) mass is 439 g/mol. The van der Waals surface area contributed by atoms with Crippen LogP contribution in [0.3, 0.4) is 0 Å². The molecule has 162 valence electrons. The van der Waals surface area contributed by atoms with Crippen LogP contribution in [0.15, 0.2) is 24.3 Å². The SMILES string of the molecule is Cc1nc(-c2ccc(C(F)(F)F)cc2)sc1C(=O)N1CCN(CC2CCCO2)CC1. The number of benzene rings is 1. The van der Waals surface area contributed by atoms with Crippen molar-refractivity contribution in [2.24, 2.45) is 0 Å². The molecule has 0 N–H and O–H groups in total. The second kappa shape index (κ2) is 8.64. The molecule has 0 spiro atoms. The molecular formula is C21H24F3N3O2S. The average molecular weight is 440 g/mol. The average Bonchev–Trinajstić information content (AvgIpc) is 3.37. The summed E-state index contributed by atoms with van der Waals surface area (Å²) in [7, 11) is 0. The molecule has 0 radical (unpaired) electrons. The molecule has 0 saturated carbocycles. The number of thiazole rings is 1. The van der Waals surface area contributed by atoms with Crippen molar-refractivity contribution in [1.29, 1.82) is 0 Å². The number of rotatable bonds is 4. The molecule has 2 saturated heterocycles. The normalized spacial score (nSPS) is 20.7. The van der Waals surface area contributed by atoms with Crippen LogP contribution in [0.2, 0.25) is 0 Å². The minimum absolute atomic E-state index is 0.0556. The molecule has 1 unspecified atom stereocenters. The molecule has 4 rings (SSSR count). The zero-order chi connectivity index (χ0) is 21.3. The first-order valence-electron chi connectivity index (χ1n) is 10.1. The Kier molecular flexibility index (Phi) is 6.13. The first kappa shape index (κ1) is 21.3. The quantitative estimate of drug-likeness (QED) is 0.721. The molecule has 1 aromatic carbocycles. The third kappa shape index (κ3) is 4.68. The zero-order valence-electron chi connectivity index (χ0n) is 16.7. The summed E-state index contributed by atoms with van der Waals surface area (Å²) in [6, 6.07) is 4.89. The first-order valence-corrected chi connectivity index (χ1v) is 10.9. The van der Waals surface area contributed by atoms with E-state index < -0.39 is 11.7 Å². The van der Waals surface area contributed by atoms with E-state index in [2.05, 4.69) is 9.88 Å². The summed E-state index contributed by atoms with van der Waals surface area (Å²) < 4.78 is 44.0. The van der Waals surface area contributed by atoms with Crippen molar-refractivity contribution in [2.45, 2.75) is 32.0 Å². The fraction of sp³-hybridized carbons (Fsp3) is 0.524. The lowest BCUT2D eigenvalue weighted by Crippen LogP contribution is -2.50. The third-order valence-corrected chi connectivity index (χ3v) is 6.79. The second-order valence-electron chi connectivity index (χ2n) is 7.74. The van der Waals surface area contributed by atoms with Gasteiger partial charge in [-0.05, 0) is 31.9 Å². The van der Waals surface area contributed by atoms with E-state index in [1.165, 1.54) is 23.5 Å². The van der Waals surface area contributed by atoms with Crippen LogP contribution in [0.1, 0.15) is 33.8 Å². The number of hydrogen-bond acceptors (Lipinski definition) is 5. The first-order chi connectivity index (χ1) is 14.3. The van der Waals surface area contributed by atoms with Crippen LogP contribution < -0.4 is 0 Å². The summed E-state index contributed by atoms with van der Waals surface area (Å²) >= 11 is 1.24. The Hall–Kier alpha value is -1.97. The molecule has 2 fully saturated rings. The Labute approximate surface area is 177 Å². The summed E-state index contributed by atoms with van der Waals surface area (Å²) in [5.41, 5.74) is 0.495. The Morgan fingerprint density at radius 1 is 1.20 bits per heavy atom. The number of hydrogen-bond donors (Lipinski definition) is 0. The van der Waals surface area contributed by atoms with Crippen LogP contribution in [-0.2, 0) is 10.9 Å². The molecule has 0 bridgehead atoms. The van der Waals surface area contributed by atoms with Crippen molar-refractivity contribution in [3.63, 3.8) is 0 Å². The van der Waals surface area contributed by atoms with E-state index in [1.54, 1.807) is 6.92 Å². The van der Waals surface area contributed by atoms with Crippen molar-refractivity contribution >= 4 is 17.2 Å². The van der Waals surface area contributed by atoms with Gasteiger partial charge in [0.05, 0.1) is 17.4 Å². The van der Waals surface area contributed by atoms with Gasteiger partial charge in [0, 0.05) is 44.9 Å². The largest absolute Gasteiger partial charge is 0.416 e. The van der Waals surface area contributed by atoms with Gasteiger partial charge in [-0.3, -0.25) is 9.69 Å². The molecule has 9 heteroatoms. The number of carbonyl (C=O) groups excluding carboxylic acids is 1. The highest BCUT2D eigenvalue weighted by Gasteiger charge is 2.31. The highest BCUT2D eigenvalue weighted by Crippen LogP contribution is 2.33. The van der Waals surface area contributed by atoms with Gasteiger partial charge in [0.1, 0.15) is 9.88 Å². The summed E-state index contributed by atoms with van der Waals surface area (Å²) in [4.78, 5) is 22.2. The van der Waals surface area contributed by atoms with Crippen molar-refractivity contribution in [3.8, 4) is 10.6 Å². The highest BCUT2D eigenvalue weighted by molar-refractivity contribution is 7.17. The van der Waals surface area contributed by atoms with Crippen LogP contribution in [0.4, 0.5) is 13.2 Å². The molecule has 0 aliphatic carbocycles. The minimum atomic E-state index is -4.37. The van der Waals surface area contributed by atoms with E-state index in [4.69, 9.17) is 4.74 Å². The molecule has 2 aromatic rings. The highest BCUT2D eigenvalue weighted by atomic mass is 32.1. The lowest BCUT2D eigenvalue weighted by Gasteiger charge is -2.35. The van der Waals surface area contributed by atoms with Crippen LogP contribution in [0.25, 0.3) is 10.6 Å². The second-order valence-corrected chi connectivity index (χ2v) is 8.74. The molecular weight excluding hydrogens is 415 g/mol. The standard InChI is InChI=1S/C21H24F3N3O2S/c1-14-18(30-19(25-14)15-4-6-16(7-5-15)21(22,23)24)20(28)27-10-8-26(9-11-27)13-17-3-2-12-29-17/h4-7,17H,2-3,8-13H2,1H3. The van der Waals surface area contributed by atoms with Crippen LogP contribution in [-0.4, -0.2) is 66.1 Å². The zero-order valence-corrected chi connectivity index (χ0v) is 17.6. The summed E-state index contributed by atoms with van der Waals surface area (Å²) in [5, 5.41) is 0.557. The summed E-state index contributed by atoms with van der Waals surface area (Å²) in [5.74, 6) is -0.0556. The lowest BCUT2D eigenvalue weighted by molar-refractivity contribution is -0.137. The van der Waals surface area contributed by atoms with E-state index >= 15 is 0 Å². The van der Waals surface area contributed by atoms with Gasteiger partial charge in [-0.2, -0.15) is 13.2 Å². The van der Waals surface area contributed by atoms with Gasteiger partial charge >= 0.3 is 6.18 Å². The van der Waals surface area contributed by atoms with E-state index in [0.29, 0.717) is 40.3 Å². The van der Waals surface area contributed by atoms with E-state index in [-0.39, 0.29) is 5.91 Å². The molecule has 2 aliphatic rings. The Balaban J connectivity index is 1.40. The number of piperazine rings is 1. The molecule has 2 aliphatic heterocycles. The van der Waals surface area contributed by atoms with Crippen molar-refractivity contribution < 1.29 is 22.7 Å². The number of aromatic nitrogens is 1. The lowest BCUT2D eigenvalue weighted by atomic mass is 10.1. The Bertz CT molecular complexity index is 884. The van der Waals surface area contributed by atoms with E-state index in [0.717, 1.165) is 51.2 Å². The smallest absolute Gasteiger partial charge is 0.377 e. The van der Waals surface area contributed by atoms with Gasteiger partial charge in [0.25, 0.3) is 5.91 Å². The van der Waals surface area contributed by atoms with Crippen LogP contribution >= 0.6 is 11.3 Å². The van der Waals surface area contributed by atoms with Crippen LogP contribution in [0.5, 0.6) is 0 Å². The number of carbonyl (C=O) groups is 1. The number of alkyl halides is 3. The van der Waals surface area contributed by atoms with Crippen molar-refractivity contribution in [1.82, 2.24) is 14.8 Å². The Morgan fingerprint density at radius 3 is 2.50 bits per heavy atom. The minimum Gasteiger partial charge on any atom is -0.377 e. The molecule has 1 atom stereocenters. The molecule has 1 aromatic heterocycles. The predicted molar refractivity (Wildman–Crippen MR) is 109 cm³/mol. The number of ether oxygens (including phenoxy) is 1. The maximum absolute atomic E-state index is 13.0. The van der Waals surface area contributed by atoms with Crippen molar-refractivity contribution in [2.75, 3.05) is 39.3 Å². The third-order valence-electron chi connectivity index (χ3n) is 5.60. The van der Waals surface area contributed by atoms with Gasteiger partial charge in [-0.15, -0.1) is 11.3 Å². The molecule has 5 nitrogen and oxygen atoms in total. The molecule has 3 heterocycles. The van der Waals surface area contributed by atoms with E-state index in [1.807, 2.05) is 4.90 Å². The summed E-state index contributed by atoms with van der Waals surface area (Å²) in [6.07, 6.45) is -1.84. The number of nitrogens with zero attached hydrogens (tertiary/aromatic N) is 3. The topological polar surface area (TPSA) is 45.7 Å². The van der Waals surface area contributed by atoms with Gasteiger partial charge in [-0.25, -0.2) is 4.98 Å². The molecule has 1 amide bonds. The number of amides is 1. The fourth-order valence-electron chi connectivity index (χ4n) is 3.87. The van der Waals surface area contributed by atoms with E-state index in [9.17, 15) is 18.0 Å². The van der Waals surface area contributed by atoms with Crippen molar-refractivity contribution in [3.05, 3.63) is 40.4 Å². The van der Waals surface area contributed by atoms with Crippen LogP contribution in [0, 0.1) is 6.92 Å². The van der Waals surface area contributed by atoms with Gasteiger partial charge in [-0.1, -0.05) is 12.1 Å². The Morgan fingerprint density at radius 2 is 1.90 bits per heavy atom. The van der Waals surface area contributed by atoms with Gasteiger partial charge in [0.2, 0.25) is 0 Å². The predicted octanol–water partition coefficient (Wildman–Crippen LogP) is 4.07. The molecule has 30 heavy (non-hydrogen) atoms. The summed E-state index contributed by atoms with van der Waals surface area (Å²) in [6.45, 7) is 6.46. The fourth-order valence-corrected chi connectivity index (χ4v) is 4.91. The number of aryl methyl sites for hydroxylation is 1.